The molecule has 11 nitrogen and oxygen atoms in total. The van der Waals surface area contributed by atoms with Crippen molar-refractivity contribution in [1.82, 2.24) is 29.7 Å². The van der Waals surface area contributed by atoms with Gasteiger partial charge in [0, 0.05) is 73.6 Å². The van der Waals surface area contributed by atoms with Gasteiger partial charge in [-0.2, -0.15) is 12.6 Å². The Kier molecular flexibility index (Phi) is 11.4. The molecule has 3 aliphatic heterocycles. The Balaban J connectivity index is 1.02. The fraction of sp³-hybridized carbons (Fsp3) is 0.286. The smallest absolute Gasteiger partial charge is 0.255 e. The topological polar surface area (TPSA) is 115 Å². The molecule has 3 aromatic carbocycles. The molecule has 0 spiro atoms. The number of thiol groups is 1. The van der Waals surface area contributed by atoms with Gasteiger partial charge < -0.3 is 30.2 Å². The Morgan fingerprint density at radius 2 is 1.73 bits per heavy atom. The number of imidazole rings is 1. The Hall–Kier alpha value is -5.57. The van der Waals surface area contributed by atoms with Gasteiger partial charge in [0.15, 0.2) is 0 Å². The van der Waals surface area contributed by atoms with Gasteiger partial charge >= 0.3 is 0 Å². The Bertz CT molecular complexity index is 2230. The van der Waals surface area contributed by atoms with E-state index in [9.17, 15) is 13.6 Å². The van der Waals surface area contributed by atoms with Gasteiger partial charge in [-0.3, -0.25) is 9.69 Å². The maximum Gasteiger partial charge on any atom is 0.255 e. The highest BCUT2D eigenvalue weighted by Crippen LogP contribution is 2.35. The molecule has 8 rings (SSSR count). The summed E-state index contributed by atoms with van der Waals surface area (Å²) in [4.78, 5) is 38.3. The SMILES string of the molecule is O=C(Nc1c(F)cccc1F)c1cccc(-c2nc3[nH]c2-c2ccnc(n2)Nc2ccc(N4CCN(C5CCN(CCS)CC5)CC4)cc2OC/C=C/C=C\3)c1. The summed E-state index contributed by atoms with van der Waals surface area (Å²) in [6.45, 7) is 7.67. The van der Waals surface area contributed by atoms with Crippen molar-refractivity contribution in [3.63, 3.8) is 0 Å². The number of aromatic amines is 1. The van der Waals surface area contributed by atoms with E-state index in [1.165, 1.54) is 18.9 Å². The lowest BCUT2D eigenvalue weighted by atomic mass is 10.0. The molecule has 2 saturated heterocycles. The number of anilines is 4. The number of likely N-dealkylation sites (tertiary alicyclic amines) is 1. The predicted octanol–water partition coefficient (Wildman–Crippen LogP) is 7.29. The standard InChI is InChI=1S/C42H43F2N9O2S/c43-32-8-5-9-33(44)39(32)50-41(54)29-7-4-6-28(26-29)38-40-35-13-16-45-42(47-35)46-34-12-11-31(27-36(34)55-24-3-1-2-10-37(48-38)49-40)53-21-19-52(20-22-53)30-14-17-51(18-15-30)23-25-56/h1-13,16,26-27,30,56H,14-15,17-25H2,(H,48,49)(H,50,54)(H,45,46,47)/b3-1+,10-2-. The number of halogens is 2. The van der Waals surface area contributed by atoms with Crippen LogP contribution in [-0.2, 0) is 0 Å². The maximum absolute atomic E-state index is 14.3. The van der Waals surface area contributed by atoms with Crippen molar-refractivity contribution in [2.24, 2.45) is 0 Å². The minimum atomic E-state index is -0.863. The molecule has 0 radical (unpaired) electrons. The van der Waals surface area contributed by atoms with Gasteiger partial charge in [-0.25, -0.2) is 23.7 Å². The summed E-state index contributed by atoms with van der Waals surface area (Å²) in [5.41, 5.74) is 3.81. The number of piperazine rings is 1. The molecule has 0 aliphatic carbocycles. The molecule has 2 aromatic heterocycles. The second kappa shape index (κ2) is 17.1. The summed E-state index contributed by atoms with van der Waals surface area (Å²) in [6.07, 6.45) is 11.6. The van der Waals surface area contributed by atoms with E-state index in [1.54, 1.807) is 30.5 Å². The number of hydrogen-bond acceptors (Lipinski definition) is 10. The number of carbonyl (C=O) groups excluding carboxylic acids is 1. The van der Waals surface area contributed by atoms with Crippen LogP contribution in [0.5, 0.6) is 5.75 Å². The Labute approximate surface area is 329 Å². The molecule has 3 aliphatic rings. The lowest BCUT2D eigenvalue weighted by Crippen LogP contribution is -2.53. The number of ether oxygens (including phenoxy) is 1. The molecule has 56 heavy (non-hydrogen) atoms. The number of nitrogens with zero attached hydrogens (tertiary/aromatic N) is 6. The van der Waals surface area contributed by atoms with Crippen LogP contribution in [0.25, 0.3) is 28.7 Å². The van der Waals surface area contributed by atoms with Gasteiger partial charge in [-0.05, 0) is 80.5 Å². The first kappa shape index (κ1) is 37.4. The molecular formula is C42H43F2N9O2S. The fourth-order valence-electron chi connectivity index (χ4n) is 7.50. The van der Waals surface area contributed by atoms with Crippen LogP contribution < -0.4 is 20.3 Å². The minimum absolute atomic E-state index is 0.199. The molecule has 14 heteroatoms. The summed E-state index contributed by atoms with van der Waals surface area (Å²) in [5, 5.41) is 5.73. The number of allylic oxidation sites excluding steroid dienone is 2. The number of hydrogen-bond donors (Lipinski definition) is 4. The molecule has 0 unspecified atom stereocenters. The normalized spacial score (nSPS) is 17.8. The van der Waals surface area contributed by atoms with Gasteiger partial charge in [-0.1, -0.05) is 30.4 Å². The van der Waals surface area contributed by atoms with Crippen LogP contribution in [0.1, 0.15) is 29.0 Å². The zero-order valence-electron chi connectivity index (χ0n) is 30.8. The molecule has 3 N–H and O–H groups in total. The van der Waals surface area contributed by atoms with Crippen LogP contribution in [0, 0.1) is 11.6 Å². The molecule has 288 valence electrons. The van der Waals surface area contributed by atoms with Crippen LogP contribution in [0.4, 0.5) is 31.8 Å². The van der Waals surface area contributed by atoms with E-state index in [-0.39, 0.29) is 5.56 Å². The number of nitrogens with one attached hydrogen (secondary N) is 3. The first-order valence-corrected chi connectivity index (χ1v) is 19.5. The van der Waals surface area contributed by atoms with Gasteiger partial charge in [0.2, 0.25) is 5.95 Å². The number of rotatable bonds is 7. The Morgan fingerprint density at radius 3 is 2.54 bits per heavy atom. The zero-order valence-corrected chi connectivity index (χ0v) is 31.7. The summed E-state index contributed by atoms with van der Waals surface area (Å²) >= 11 is 4.41. The number of H-pyrrole nitrogens is 1. The van der Waals surface area contributed by atoms with E-state index < -0.39 is 23.2 Å². The van der Waals surface area contributed by atoms with Crippen molar-refractivity contribution in [3.05, 3.63) is 114 Å². The maximum atomic E-state index is 14.3. The van der Waals surface area contributed by atoms with E-state index in [4.69, 9.17) is 14.7 Å². The van der Waals surface area contributed by atoms with Crippen molar-refractivity contribution in [1.29, 1.82) is 0 Å². The predicted molar refractivity (Wildman–Crippen MR) is 220 cm³/mol. The number of piperidine rings is 1. The number of carbonyl (C=O) groups is 1. The molecule has 5 heterocycles. The average molecular weight is 776 g/mol. The van der Waals surface area contributed by atoms with Crippen molar-refractivity contribution >= 4 is 47.6 Å². The van der Waals surface area contributed by atoms with E-state index >= 15 is 0 Å². The summed E-state index contributed by atoms with van der Waals surface area (Å²) in [6, 6.07) is 18.7. The molecule has 5 aromatic rings. The lowest BCUT2D eigenvalue weighted by Gasteiger charge is -2.43. The third-order valence-corrected chi connectivity index (χ3v) is 10.7. The lowest BCUT2D eigenvalue weighted by molar-refractivity contribution is 0.102. The van der Waals surface area contributed by atoms with E-state index in [2.05, 4.69) is 60.1 Å². The largest absolute Gasteiger partial charge is 0.487 e. The summed E-state index contributed by atoms with van der Waals surface area (Å²) in [5.74, 6) is 0.124. The molecule has 0 atom stereocenters. The second-order valence-corrected chi connectivity index (χ2v) is 14.4. The van der Waals surface area contributed by atoms with Crippen molar-refractivity contribution in [2.75, 3.05) is 73.7 Å². The van der Waals surface area contributed by atoms with E-state index in [0.29, 0.717) is 52.8 Å². The summed E-state index contributed by atoms with van der Waals surface area (Å²) < 4.78 is 34.9. The molecule has 1 amide bonds. The highest BCUT2D eigenvalue weighted by molar-refractivity contribution is 7.80. The van der Waals surface area contributed by atoms with E-state index in [0.717, 1.165) is 75.1 Å². The molecular weight excluding hydrogens is 733 g/mol. The van der Waals surface area contributed by atoms with Gasteiger partial charge in [0.25, 0.3) is 5.91 Å². The molecule has 2 fully saturated rings. The van der Waals surface area contributed by atoms with Gasteiger partial charge in [0.05, 0.1) is 22.8 Å². The molecule has 0 saturated carbocycles. The fourth-order valence-corrected chi connectivity index (χ4v) is 7.78. The highest BCUT2D eigenvalue weighted by Gasteiger charge is 2.28. The number of benzene rings is 3. The van der Waals surface area contributed by atoms with Crippen molar-refractivity contribution in [3.8, 4) is 28.4 Å². The number of amides is 1. The summed E-state index contributed by atoms with van der Waals surface area (Å²) in [7, 11) is 0. The number of fused-ring (bicyclic) bond motifs is 6. The average Bonchev–Trinajstić information content (AvgIpc) is 3.66. The van der Waals surface area contributed by atoms with Crippen LogP contribution in [-0.4, -0.2) is 99.9 Å². The van der Waals surface area contributed by atoms with Crippen LogP contribution in [0.15, 0.2) is 91.2 Å². The number of para-hydroxylation sites is 1. The van der Waals surface area contributed by atoms with Crippen LogP contribution in [0.3, 0.4) is 0 Å². The van der Waals surface area contributed by atoms with E-state index in [1.807, 2.05) is 36.4 Å². The quantitative estimate of drug-likeness (QED) is 0.127. The third-order valence-electron chi connectivity index (χ3n) is 10.5. The minimum Gasteiger partial charge on any atom is -0.487 e. The monoisotopic (exact) mass is 775 g/mol. The van der Waals surface area contributed by atoms with Gasteiger partial charge in [-0.15, -0.1) is 0 Å². The first-order valence-electron chi connectivity index (χ1n) is 18.9. The van der Waals surface area contributed by atoms with Crippen LogP contribution in [0.2, 0.25) is 0 Å². The zero-order chi connectivity index (χ0) is 38.4. The highest BCUT2D eigenvalue weighted by atomic mass is 32.1. The second-order valence-electron chi connectivity index (χ2n) is 14.0. The third kappa shape index (κ3) is 8.47. The van der Waals surface area contributed by atoms with Crippen molar-refractivity contribution < 1.29 is 18.3 Å². The van der Waals surface area contributed by atoms with Crippen molar-refractivity contribution in [2.45, 2.75) is 18.9 Å². The number of aromatic nitrogens is 4. The molecule has 4 bridgehead atoms. The Morgan fingerprint density at radius 1 is 0.929 bits per heavy atom. The van der Waals surface area contributed by atoms with Gasteiger partial charge in [0.1, 0.15) is 35.5 Å². The first-order chi connectivity index (χ1) is 27.4. The van der Waals surface area contributed by atoms with Crippen LogP contribution >= 0.6 is 12.6 Å².